The number of rotatable bonds is 4. The van der Waals surface area contributed by atoms with Crippen molar-refractivity contribution in [3.8, 4) is 0 Å². The Morgan fingerprint density at radius 1 is 1.53 bits per heavy atom. The maximum Gasteiger partial charge on any atom is 0.321 e. The van der Waals surface area contributed by atoms with Crippen LogP contribution in [0.5, 0.6) is 0 Å². The number of carboxylic acid groups (broad SMARTS) is 1. The lowest BCUT2D eigenvalue weighted by molar-refractivity contribution is -0.138. The van der Waals surface area contributed by atoms with Gasteiger partial charge in [0.25, 0.3) is 0 Å². The number of aryl methyl sites for hydroxylation is 1. The highest BCUT2D eigenvalue weighted by atomic mass is 32.1. The monoisotopic (exact) mass is 257 g/mol. The molecule has 0 spiro atoms. The third-order valence-corrected chi connectivity index (χ3v) is 2.76. The van der Waals surface area contributed by atoms with Crippen LogP contribution in [0.25, 0.3) is 0 Å². The maximum atomic E-state index is 11.6. The van der Waals surface area contributed by atoms with Gasteiger partial charge in [-0.3, -0.25) is 10.1 Å². The van der Waals surface area contributed by atoms with Gasteiger partial charge in [-0.15, -0.1) is 11.3 Å². The normalized spacial score (nSPS) is 11.0. The van der Waals surface area contributed by atoms with Gasteiger partial charge in [-0.1, -0.05) is 0 Å². The molecule has 0 fully saturated rings. The molecule has 6 nitrogen and oxygen atoms in total. The molecule has 0 radical (unpaired) electrons. The fourth-order valence-corrected chi connectivity index (χ4v) is 1.95. The van der Waals surface area contributed by atoms with Crippen LogP contribution in [0, 0.1) is 6.92 Å². The molecule has 0 unspecified atom stereocenters. The number of hydrogen-bond donors (Lipinski definition) is 3. The van der Waals surface area contributed by atoms with Gasteiger partial charge in [-0.2, -0.15) is 0 Å². The molecule has 7 heteroatoms. The first kappa shape index (κ1) is 13.4. The molecule has 0 aliphatic rings. The van der Waals surface area contributed by atoms with E-state index in [0.717, 1.165) is 5.69 Å². The first-order valence-corrected chi connectivity index (χ1v) is 5.89. The minimum atomic E-state index is -0.958. The van der Waals surface area contributed by atoms with Crippen LogP contribution < -0.4 is 10.6 Å². The number of aromatic nitrogens is 1. The maximum absolute atomic E-state index is 11.6. The summed E-state index contributed by atoms with van der Waals surface area (Å²) in [6.45, 7) is 5.12. The van der Waals surface area contributed by atoms with E-state index in [9.17, 15) is 9.59 Å². The van der Waals surface area contributed by atoms with Crippen molar-refractivity contribution in [2.24, 2.45) is 0 Å². The minimum absolute atomic E-state index is 0.142. The summed E-state index contributed by atoms with van der Waals surface area (Å²) >= 11 is 1.32. The van der Waals surface area contributed by atoms with E-state index < -0.39 is 17.5 Å². The number of amides is 2. The Morgan fingerprint density at radius 2 is 2.18 bits per heavy atom. The number of urea groups is 1. The lowest BCUT2D eigenvalue weighted by Crippen LogP contribution is -2.46. The minimum Gasteiger partial charge on any atom is -0.481 e. The molecule has 0 atom stereocenters. The molecule has 1 heterocycles. The van der Waals surface area contributed by atoms with Crippen molar-refractivity contribution in [3.05, 3.63) is 11.1 Å². The number of carbonyl (C=O) groups is 2. The summed E-state index contributed by atoms with van der Waals surface area (Å²) in [6.07, 6.45) is -0.142. The fourth-order valence-electron chi connectivity index (χ4n) is 1.27. The van der Waals surface area contributed by atoms with Crippen LogP contribution in [0.15, 0.2) is 5.38 Å². The first-order chi connectivity index (χ1) is 7.78. The summed E-state index contributed by atoms with van der Waals surface area (Å²) in [6, 6.07) is -0.453. The summed E-state index contributed by atoms with van der Waals surface area (Å²) in [7, 11) is 0. The zero-order valence-electron chi connectivity index (χ0n) is 9.90. The molecule has 0 aliphatic heterocycles. The molecule has 0 saturated heterocycles. The quantitative estimate of drug-likeness (QED) is 0.767. The predicted octanol–water partition coefficient (Wildman–Crippen LogP) is 1.83. The highest BCUT2D eigenvalue weighted by Crippen LogP contribution is 2.15. The van der Waals surface area contributed by atoms with Crippen LogP contribution in [0.1, 0.15) is 26.0 Å². The lowest BCUT2D eigenvalue weighted by Gasteiger charge is -2.23. The van der Waals surface area contributed by atoms with Crippen molar-refractivity contribution in [2.75, 3.05) is 5.32 Å². The van der Waals surface area contributed by atoms with E-state index in [1.807, 2.05) is 12.3 Å². The molecule has 2 amide bonds. The third kappa shape index (κ3) is 4.81. The van der Waals surface area contributed by atoms with Crippen molar-refractivity contribution in [2.45, 2.75) is 32.7 Å². The Hall–Kier alpha value is -1.63. The van der Waals surface area contributed by atoms with E-state index in [4.69, 9.17) is 5.11 Å². The molecule has 1 aromatic heterocycles. The summed E-state index contributed by atoms with van der Waals surface area (Å²) in [4.78, 5) is 26.2. The van der Waals surface area contributed by atoms with Crippen LogP contribution >= 0.6 is 11.3 Å². The molecule has 17 heavy (non-hydrogen) atoms. The Labute approximate surface area is 103 Å². The molecular formula is C10H15N3O3S. The van der Waals surface area contributed by atoms with E-state index in [2.05, 4.69) is 15.6 Å². The van der Waals surface area contributed by atoms with Crippen LogP contribution in [0.2, 0.25) is 0 Å². The van der Waals surface area contributed by atoms with Gasteiger partial charge in [0.05, 0.1) is 12.1 Å². The molecule has 94 valence electrons. The van der Waals surface area contributed by atoms with E-state index >= 15 is 0 Å². The fraction of sp³-hybridized carbons (Fsp3) is 0.500. The van der Waals surface area contributed by atoms with Crippen LogP contribution in [0.4, 0.5) is 9.93 Å². The number of anilines is 1. The van der Waals surface area contributed by atoms with Gasteiger partial charge in [0, 0.05) is 10.9 Å². The molecule has 0 aliphatic carbocycles. The third-order valence-electron chi connectivity index (χ3n) is 1.88. The Balaban J connectivity index is 2.52. The van der Waals surface area contributed by atoms with Gasteiger partial charge < -0.3 is 10.4 Å². The van der Waals surface area contributed by atoms with Crippen LogP contribution in [-0.4, -0.2) is 27.6 Å². The smallest absolute Gasteiger partial charge is 0.321 e. The predicted molar refractivity (Wildman–Crippen MR) is 65.3 cm³/mol. The molecule has 0 aromatic carbocycles. The van der Waals surface area contributed by atoms with Gasteiger partial charge in [0.1, 0.15) is 0 Å². The second kappa shape index (κ2) is 5.13. The average molecular weight is 257 g/mol. The zero-order valence-corrected chi connectivity index (χ0v) is 10.7. The van der Waals surface area contributed by atoms with Crippen molar-refractivity contribution in [3.63, 3.8) is 0 Å². The molecule has 0 bridgehead atoms. The average Bonchev–Trinajstić information content (AvgIpc) is 2.46. The summed E-state index contributed by atoms with van der Waals surface area (Å²) in [5.74, 6) is -0.958. The van der Waals surface area contributed by atoms with Crippen LogP contribution in [-0.2, 0) is 4.79 Å². The zero-order chi connectivity index (χ0) is 13.1. The van der Waals surface area contributed by atoms with Gasteiger partial charge >= 0.3 is 12.0 Å². The van der Waals surface area contributed by atoms with Crippen LogP contribution in [0.3, 0.4) is 0 Å². The number of aliphatic carboxylic acids is 1. The Morgan fingerprint density at radius 3 is 2.65 bits per heavy atom. The molecule has 3 N–H and O–H groups in total. The standard InChI is InChI=1S/C10H15N3O3S/c1-6-5-17-9(11-6)12-8(16)13-10(2,3)4-7(14)15/h5H,4H2,1-3H3,(H,14,15)(H2,11,12,13,16). The largest absolute Gasteiger partial charge is 0.481 e. The Kier molecular flexibility index (Phi) is 4.06. The number of carboxylic acids is 1. The van der Waals surface area contributed by atoms with Crippen molar-refractivity contribution >= 4 is 28.5 Å². The number of nitrogens with one attached hydrogen (secondary N) is 2. The number of carbonyl (C=O) groups excluding carboxylic acids is 1. The SMILES string of the molecule is Cc1csc(NC(=O)NC(C)(C)CC(=O)O)n1. The molecule has 1 rings (SSSR count). The summed E-state index contributed by atoms with van der Waals surface area (Å²) in [5.41, 5.74) is 0.0254. The molecule has 1 aromatic rings. The van der Waals surface area contributed by atoms with Gasteiger partial charge in [0.15, 0.2) is 5.13 Å². The topological polar surface area (TPSA) is 91.3 Å². The second-order valence-electron chi connectivity index (χ2n) is 4.33. The Bertz CT molecular complexity index is 428. The van der Waals surface area contributed by atoms with Gasteiger partial charge in [-0.25, -0.2) is 9.78 Å². The second-order valence-corrected chi connectivity index (χ2v) is 5.19. The summed E-state index contributed by atoms with van der Waals surface area (Å²) in [5, 5.41) is 16.1. The van der Waals surface area contributed by atoms with E-state index in [1.165, 1.54) is 11.3 Å². The van der Waals surface area contributed by atoms with E-state index in [0.29, 0.717) is 5.13 Å². The molecule has 0 saturated carbocycles. The lowest BCUT2D eigenvalue weighted by atomic mass is 10.0. The van der Waals surface area contributed by atoms with Gasteiger partial charge in [0.2, 0.25) is 0 Å². The van der Waals surface area contributed by atoms with Crippen molar-refractivity contribution < 1.29 is 14.7 Å². The highest BCUT2D eigenvalue weighted by Gasteiger charge is 2.24. The van der Waals surface area contributed by atoms with Gasteiger partial charge in [-0.05, 0) is 20.8 Å². The van der Waals surface area contributed by atoms with Crippen molar-refractivity contribution in [1.29, 1.82) is 0 Å². The van der Waals surface area contributed by atoms with Crippen molar-refractivity contribution in [1.82, 2.24) is 10.3 Å². The highest BCUT2D eigenvalue weighted by molar-refractivity contribution is 7.13. The molecular weight excluding hydrogens is 242 g/mol. The first-order valence-electron chi connectivity index (χ1n) is 5.01. The number of nitrogens with zero attached hydrogens (tertiary/aromatic N) is 1. The summed E-state index contributed by atoms with van der Waals surface area (Å²) < 4.78 is 0. The number of thiazole rings is 1. The number of hydrogen-bond acceptors (Lipinski definition) is 4. The van der Waals surface area contributed by atoms with E-state index in [1.54, 1.807) is 13.8 Å². The van der Waals surface area contributed by atoms with E-state index in [-0.39, 0.29) is 6.42 Å².